The summed E-state index contributed by atoms with van der Waals surface area (Å²) in [5.41, 5.74) is 1.81. The molecule has 2 atom stereocenters. The standard InChI is InChI=1S/C18H22N2O3/c1-2-23-17(15-6-4-3-5-7-15)18(22)20-16(13-21)12-14-8-10-19-11-9-14/h3-11,16-17,21H,2,12-13H2,1H3,(H,20,22)/t16-,17+/m1/s1. The van der Waals surface area contributed by atoms with E-state index in [1.807, 2.05) is 49.4 Å². The van der Waals surface area contributed by atoms with Crippen molar-refractivity contribution in [2.24, 2.45) is 0 Å². The average Bonchev–Trinajstić information content (AvgIpc) is 2.60. The molecule has 2 rings (SSSR count). The molecule has 1 amide bonds. The number of carbonyl (C=O) groups is 1. The molecule has 0 aliphatic carbocycles. The van der Waals surface area contributed by atoms with Crippen LogP contribution in [0.15, 0.2) is 54.9 Å². The highest BCUT2D eigenvalue weighted by Gasteiger charge is 2.23. The first-order valence-electron chi connectivity index (χ1n) is 7.71. The van der Waals surface area contributed by atoms with Crippen molar-refractivity contribution in [1.82, 2.24) is 10.3 Å². The predicted molar refractivity (Wildman–Crippen MR) is 87.8 cm³/mol. The summed E-state index contributed by atoms with van der Waals surface area (Å²) >= 11 is 0. The molecule has 122 valence electrons. The summed E-state index contributed by atoms with van der Waals surface area (Å²) in [5, 5.41) is 12.4. The number of rotatable bonds is 8. The second-order valence-electron chi connectivity index (χ2n) is 5.19. The van der Waals surface area contributed by atoms with E-state index in [0.29, 0.717) is 13.0 Å². The third-order valence-electron chi connectivity index (χ3n) is 3.47. The number of benzene rings is 1. The van der Waals surface area contributed by atoms with E-state index in [0.717, 1.165) is 11.1 Å². The van der Waals surface area contributed by atoms with Crippen LogP contribution in [0.25, 0.3) is 0 Å². The molecule has 0 saturated heterocycles. The third kappa shape index (κ3) is 5.16. The molecule has 2 aromatic rings. The zero-order chi connectivity index (χ0) is 16.5. The summed E-state index contributed by atoms with van der Waals surface area (Å²) in [4.78, 5) is 16.5. The van der Waals surface area contributed by atoms with Crippen LogP contribution in [-0.2, 0) is 16.0 Å². The number of amides is 1. The molecule has 0 aliphatic heterocycles. The van der Waals surface area contributed by atoms with Crippen LogP contribution in [-0.4, -0.2) is 35.3 Å². The first kappa shape index (κ1) is 17.1. The van der Waals surface area contributed by atoms with Crippen molar-refractivity contribution in [2.75, 3.05) is 13.2 Å². The number of hydrogen-bond donors (Lipinski definition) is 2. The van der Waals surface area contributed by atoms with Crippen LogP contribution in [0.3, 0.4) is 0 Å². The number of nitrogens with one attached hydrogen (secondary N) is 1. The van der Waals surface area contributed by atoms with Crippen LogP contribution < -0.4 is 5.32 Å². The molecule has 0 fully saturated rings. The van der Waals surface area contributed by atoms with E-state index in [1.54, 1.807) is 12.4 Å². The fourth-order valence-corrected chi connectivity index (χ4v) is 2.36. The molecule has 23 heavy (non-hydrogen) atoms. The molecular weight excluding hydrogens is 292 g/mol. The van der Waals surface area contributed by atoms with Crippen molar-refractivity contribution >= 4 is 5.91 Å². The lowest BCUT2D eigenvalue weighted by atomic mass is 10.1. The average molecular weight is 314 g/mol. The minimum atomic E-state index is -0.673. The van der Waals surface area contributed by atoms with Crippen molar-refractivity contribution in [2.45, 2.75) is 25.5 Å². The number of pyridine rings is 1. The van der Waals surface area contributed by atoms with Crippen molar-refractivity contribution in [3.63, 3.8) is 0 Å². The zero-order valence-corrected chi connectivity index (χ0v) is 13.2. The number of ether oxygens (including phenoxy) is 1. The Labute approximate surface area is 136 Å². The molecule has 0 saturated carbocycles. The van der Waals surface area contributed by atoms with Gasteiger partial charge in [-0.25, -0.2) is 0 Å². The van der Waals surface area contributed by atoms with Gasteiger partial charge in [0, 0.05) is 19.0 Å². The van der Waals surface area contributed by atoms with Gasteiger partial charge in [-0.3, -0.25) is 9.78 Å². The van der Waals surface area contributed by atoms with Gasteiger partial charge >= 0.3 is 0 Å². The van der Waals surface area contributed by atoms with Gasteiger partial charge in [-0.1, -0.05) is 30.3 Å². The number of aliphatic hydroxyl groups is 1. The number of aliphatic hydroxyl groups excluding tert-OH is 1. The minimum absolute atomic E-state index is 0.137. The van der Waals surface area contributed by atoms with Crippen LogP contribution >= 0.6 is 0 Å². The molecule has 0 aliphatic rings. The lowest BCUT2D eigenvalue weighted by molar-refractivity contribution is -0.134. The molecule has 5 nitrogen and oxygen atoms in total. The van der Waals surface area contributed by atoms with E-state index in [-0.39, 0.29) is 18.6 Å². The molecule has 0 radical (unpaired) electrons. The van der Waals surface area contributed by atoms with Gasteiger partial charge in [-0.2, -0.15) is 0 Å². The van der Waals surface area contributed by atoms with Crippen LogP contribution in [0.5, 0.6) is 0 Å². The Morgan fingerprint density at radius 2 is 1.91 bits per heavy atom. The van der Waals surface area contributed by atoms with E-state index in [1.165, 1.54) is 0 Å². The topological polar surface area (TPSA) is 71.5 Å². The van der Waals surface area contributed by atoms with Gasteiger partial charge in [-0.15, -0.1) is 0 Å². The quantitative estimate of drug-likeness (QED) is 0.780. The fourth-order valence-electron chi connectivity index (χ4n) is 2.36. The summed E-state index contributed by atoms with van der Waals surface area (Å²) < 4.78 is 5.58. The van der Waals surface area contributed by atoms with E-state index < -0.39 is 6.10 Å². The second kappa shape index (κ2) is 9.02. The Morgan fingerprint density at radius 3 is 2.52 bits per heavy atom. The first-order chi connectivity index (χ1) is 11.2. The summed E-state index contributed by atoms with van der Waals surface area (Å²) in [5.74, 6) is -0.244. The van der Waals surface area contributed by atoms with Crippen molar-refractivity contribution < 1.29 is 14.6 Å². The van der Waals surface area contributed by atoms with Crippen LogP contribution in [0.2, 0.25) is 0 Å². The molecule has 0 bridgehead atoms. The highest BCUT2D eigenvalue weighted by Crippen LogP contribution is 2.17. The van der Waals surface area contributed by atoms with E-state index in [9.17, 15) is 9.90 Å². The third-order valence-corrected chi connectivity index (χ3v) is 3.47. The predicted octanol–water partition coefficient (Wildman–Crippen LogP) is 1.88. The molecule has 0 spiro atoms. The lowest BCUT2D eigenvalue weighted by Crippen LogP contribution is -2.42. The van der Waals surface area contributed by atoms with Crippen molar-refractivity contribution in [1.29, 1.82) is 0 Å². The molecule has 1 aromatic heterocycles. The monoisotopic (exact) mass is 314 g/mol. The highest BCUT2D eigenvalue weighted by atomic mass is 16.5. The van der Waals surface area contributed by atoms with E-state index in [4.69, 9.17) is 4.74 Å². The number of carbonyl (C=O) groups excluding carboxylic acids is 1. The van der Waals surface area contributed by atoms with Gasteiger partial charge in [0.2, 0.25) is 0 Å². The Bertz CT molecular complexity index is 590. The smallest absolute Gasteiger partial charge is 0.254 e. The number of nitrogens with zero attached hydrogens (tertiary/aromatic N) is 1. The number of aromatic nitrogens is 1. The largest absolute Gasteiger partial charge is 0.394 e. The summed E-state index contributed by atoms with van der Waals surface area (Å²) in [6.45, 7) is 2.15. The van der Waals surface area contributed by atoms with Gasteiger partial charge in [0.05, 0.1) is 12.6 Å². The molecule has 1 heterocycles. The van der Waals surface area contributed by atoms with Crippen molar-refractivity contribution in [3.05, 3.63) is 66.0 Å². The summed E-state index contributed by atoms with van der Waals surface area (Å²) in [6.07, 6.45) is 3.25. The molecule has 1 aromatic carbocycles. The Kier molecular flexibility index (Phi) is 6.72. The van der Waals surface area contributed by atoms with Crippen LogP contribution in [0, 0.1) is 0 Å². The summed E-state index contributed by atoms with van der Waals surface area (Å²) in [6, 6.07) is 12.7. The van der Waals surface area contributed by atoms with Gasteiger partial charge in [0.1, 0.15) is 0 Å². The minimum Gasteiger partial charge on any atom is -0.394 e. The Balaban J connectivity index is 2.04. The maximum atomic E-state index is 12.5. The van der Waals surface area contributed by atoms with Gasteiger partial charge < -0.3 is 15.2 Å². The molecule has 0 unspecified atom stereocenters. The second-order valence-corrected chi connectivity index (χ2v) is 5.19. The summed E-state index contributed by atoms with van der Waals surface area (Å²) in [7, 11) is 0. The van der Waals surface area contributed by atoms with Gasteiger partial charge in [0.25, 0.3) is 5.91 Å². The Morgan fingerprint density at radius 1 is 1.22 bits per heavy atom. The zero-order valence-electron chi connectivity index (χ0n) is 13.2. The van der Waals surface area contributed by atoms with E-state index in [2.05, 4.69) is 10.3 Å². The highest BCUT2D eigenvalue weighted by molar-refractivity contribution is 5.82. The Hall–Kier alpha value is -2.24. The molecule has 2 N–H and O–H groups in total. The van der Waals surface area contributed by atoms with Crippen LogP contribution in [0.1, 0.15) is 24.2 Å². The normalized spacial score (nSPS) is 13.3. The maximum Gasteiger partial charge on any atom is 0.254 e. The number of hydrogen-bond acceptors (Lipinski definition) is 4. The SMILES string of the molecule is CCO[C@H](C(=O)N[C@@H](CO)Cc1ccncc1)c1ccccc1. The first-order valence-corrected chi connectivity index (χ1v) is 7.71. The maximum absolute atomic E-state index is 12.5. The fraction of sp³-hybridized carbons (Fsp3) is 0.333. The van der Waals surface area contributed by atoms with E-state index >= 15 is 0 Å². The lowest BCUT2D eigenvalue weighted by Gasteiger charge is -2.22. The molecule has 5 heteroatoms. The molecular formula is C18H22N2O3. The van der Waals surface area contributed by atoms with Crippen LogP contribution in [0.4, 0.5) is 0 Å². The van der Waals surface area contributed by atoms with Gasteiger partial charge in [0.15, 0.2) is 6.10 Å². The van der Waals surface area contributed by atoms with Gasteiger partial charge in [-0.05, 0) is 36.6 Å². The van der Waals surface area contributed by atoms with Crippen molar-refractivity contribution in [3.8, 4) is 0 Å².